The van der Waals surface area contributed by atoms with E-state index in [0.29, 0.717) is 17.0 Å². The van der Waals surface area contributed by atoms with Crippen LogP contribution < -0.4 is 5.73 Å². The Morgan fingerprint density at radius 2 is 1.70 bits per heavy atom. The Hall–Kier alpha value is -1.38. The van der Waals surface area contributed by atoms with Gasteiger partial charge in [0.25, 0.3) is 0 Å². The molecule has 0 radical (unpaired) electrons. The summed E-state index contributed by atoms with van der Waals surface area (Å²) in [6.45, 7) is 6.20. The van der Waals surface area contributed by atoms with Crippen LogP contribution in [0.3, 0.4) is 0 Å². The highest BCUT2D eigenvalue weighted by atomic mass is 35.5. The molecule has 0 amide bonds. The Balaban J connectivity index is 2.32. The summed E-state index contributed by atoms with van der Waals surface area (Å²) >= 11 is 5.92. The van der Waals surface area contributed by atoms with E-state index in [-0.39, 0.29) is 5.82 Å². The predicted octanol–water partition coefficient (Wildman–Crippen LogP) is 4.65. The Kier molecular flexibility index (Phi) is 4.46. The van der Waals surface area contributed by atoms with Gasteiger partial charge in [-0.15, -0.1) is 0 Å². The zero-order valence-corrected chi connectivity index (χ0v) is 12.8. The molecule has 0 aliphatic rings. The topological polar surface area (TPSA) is 26.0 Å². The maximum atomic E-state index is 13.8. The van der Waals surface area contributed by atoms with Gasteiger partial charge >= 0.3 is 0 Å². The smallest absolute Gasteiger partial charge is 0.128 e. The lowest BCUT2D eigenvalue weighted by Crippen LogP contribution is -2.16. The normalized spacial score (nSPS) is 12.5. The molecule has 2 N–H and O–H groups in total. The lowest BCUT2D eigenvalue weighted by atomic mass is 9.92. The molecule has 0 fully saturated rings. The molecule has 0 saturated carbocycles. The highest BCUT2D eigenvalue weighted by Gasteiger charge is 2.15. The highest BCUT2D eigenvalue weighted by Crippen LogP contribution is 2.26. The van der Waals surface area contributed by atoms with Crippen LogP contribution in [0.1, 0.15) is 33.9 Å². The fourth-order valence-corrected chi connectivity index (χ4v) is 2.84. The third-order valence-corrected chi connectivity index (χ3v) is 3.86. The Bertz CT molecular complexity index is 614. The van der Waals surface area contributed by atoms with Gasteiger partial charge in [0.2, 0.25) is 0 Å². The molecule has 0 saturated heterocycles. The van der Waals surface area contributed by atoms with Crippen LogP contribution in [0.5, 0.6) is 0 Å². The minimum Gasteiger partial charge on any atom is -0.324 e. The Labute approximate surface area is 124 Å². The quantitative estimate of drug-likeness (QED) is 0.875. The predicted molar refractivity (Wildman–Crippen MR) is 82.7 cm³/mol. The van der Waals surface area contributed by atoms with Crippen LogP contribution in [0.15, 0.2) is 30.3 Å². The fourth-order valence-electron chi connectivity index (χ4n) is 2.66. The lowest BCUT2D eigenvalue weighted by Gasteiger charge is -2.17. The molecule has 2 aromatic rings. The molecule has 3 heteroatoms. The minimum absolute atomic E-state index is 0.302. The first-order chi connectivity index (χ1) is 9.38. The van der Waals surface area contributed by atoms with Gasteiger partial charge in [-0.3, -0.25) is 0 Å². The van der Waals surface area contributed by atoms with E-state index < -0.39 is 6.04 Å². The van der Waals surface area contributed by atoms with Crippen molar-refractivity contribution in [3.05, 3.63) is 69.0 Å². The average Bonchev–Trinajstić information content (AvgIpc) is 2.36. The molecule has 0 aliphatic heterocycles. The first kappa shape index (κ1) is 15.0. The molecule has 1 nitrogen and oxygen atoms in total. The lowest BCUT2D eigenvalue weighted by molar-refractivity contribution is 0.579. The first-order valence-electron chi connectivity index (χ1n) is 6.65. The van der Waals surface area contributed by atoms with Crippen molar-refractivity contribution < 1.29 is 4.39 Å². The van der Waals surface area contributed by atoms with Crippen molar-refractivity contribution in [3.8, 4) is 0 Å². The van der Waals surface area contributed by atoms with E-state index in [1.165, 1.54) is 34.4 Å². The van der Waals surface area contributed by atoms with Gasteiger partial charge in [0, 0.05) is 16.6 Å². The molecule has 0 aliphatic carbocycles. The molecule has 0 bridgehead atoms. The van der Waals surface area contributed by atoms with Crippen LogP contribution in [-0.4, -0.2) is 0 Å². The van der Waals surface area contributed by atoms with Gasteiger partial charge in [0.05, 0.1) is 0 Å². The van der Waals surface area contributed by atoms with E-state index in [1.807, 2.05) is 0 Å². The first-order valence-corrected chi connectivity index (χ1v) is 7.03. The van der Waals surface area contributed by atoms with Crippen LogP contribution in [0.4, 0.5) is 4.39 Å². The number of aryl methyl sites for hydroxylation is 3. The molecule has 0 aromatic heterocycles. The summed E-state index contributed by atoms with van der Waals surface area (Å²) in [5.41, 5.74) is 11.4. The summed E-state index contributed by atoms with van der Waals surface area (Å²) in [5, 5.41) is 0.509. The standard InChI is InChI=1S/C17H19ClFN/c1-10-6-11(2)14(12(3)7-10)9-17(20)15-8-13(18)4-5-16(15)19/h4-8,17H,9,20H2,1-3H3. The molecule has 0 spiro atoms. The zero-order chi connectivity index (χ0) is 14.9. The highest BCUT2D eigenvalue weighted by molar-refractivity contribution is 6.30. The number of benzene rings is 2. The number of hydrogen-bond donors (Lipinski definition) is 1. The second-order valence-electron chi connectivity index (χ2n) is 5.35. The van der Waals surface area contributed by atoms with E-state index in [2.05, 4.69) is 32.9 Å². The monoisotopic (exact) mass is 291 g/mol. The van der Waals surface area contributed by atoms with Crippen molar-refractivity contribution in [2.24, 2.45) is 5.73 Å². The number of hydrogen-bond acceptors (Lipinski definition) is 1. The van der Waals surface area contributed by atoms with Gasteiger partial charge in [0.15, 0.2) is 0 Å². The Morgan fingerprint density at radius 1 is 1.10 bits per heavy atom. The second kappa shape index (κ2) is 5.94. The maximum absolute atomic E-state index is 13.8. The SMILES string of the molecule is Cc1cc(C)c(CC(N)c2cc(Cl)ccc2F)c(C)c1. The number of halogens is 2. The van der Waals surface area contributed by atoms with E-state index in [1.54, 1.807) is 6.07 Å². The van der Waals surface area contributed by atoms with E-state index in [9.17, 15) is 4.39 Å². The summed E-state index contributed by atoms with van der Waals surface area (Å²) < 4.78 is 13.8. The fraction of sp³-hybridized carbons (Fsp3) is 0.294. The summed E-state index contributed by atoms with van der Waals surface area (Å²) in [5.74, 6) is -0.302. The van der Waals surface area contributed by atoms with Crippen molar-refractivity contribution in [2.75, 3.05) is 0 Å². The third kappa shape index (κ3) is 3.20. The molecule has 1 unspecified atom stereocenters. The summed E-state index contributed by atoms with van der Waals surface area (Å²) in [7, 11) is 0. The van der Waals surface area contributed by atoms with Gasteiger partial charge < -0.3 is 5.73 Å². The van der Waals surface area contributed by atoms with E-state index in [0.717, 1.165) is 0 Å². The van der Waals surface area contributed by atoms with Crippen molar-refractivity contribution >= 4 is 11.6 Å². The van der Waals surface area contributed by atoms with Gasteiger partial charge in [0.1, 0.15) is 5.82 Å². The van der Waals surface area contributed by atoms with Gasteiger partial charge in [-0.25, -0.2) is 4.39 Å². The van der Waals surface area contributed by atoms with Crippen LogP contribution >= 0.6 is 11.6 Å². The van der Waals surface area contributed by atoms with Gasteiger partial charge in [-0.2, -0.15) is 0 Å². The maximum Gasteiger partial charge on any atom is 0.128 e. The number of nitrogens with two attached hydrogens (primary N) is 1. The van der Waals surface area contributed by atoms with E-state index >= 15 is 0 Å². The molecular weight excluding hydrogens is 273 g/mol. The molecule has 106 valence electrons. The summed E-state index contributed by atoms with van der Waals surface area (Å²) in [4.78, 5) is 0. The summed E-state index contributed by atoms with van der Waals surface area (Å²) in [6.07, 6.45) is 0.606. The van der Waals surface area contributed by atoms with Crippen molar-refractivity contribution in [3.63, 3.8) is 0 Å². The largest absolute Gasteiger partial charge is 0.324 e. The van der Waals surface area contributed by atoms with Crippen molar-refractivity contribution in [2.45, 2.75) is 33.2 Å². The molecule has 2 aromatic carbocycles. The zero-order valence-electron chi connectivity index (χ0n) is 12.0. The Morgan fingerprint density at radius 3 is 2.30 bits per heavy atom. The molecular formula is C17H19ClFN. The van der Waals surface area contributed by atoms with Crippen molar-refractivity contribution in [1.29, 1.82) is 0 Å². The summed E-state index contributed by atoms with van der Waals surface area (Å²) in [6, 6.07) is 8.38. The average molecular weight is 292 g/mol. The van der Waals surface area contributed by atoms with Crippen LogP contribution in [0.25, 0.3) is 0 Å². The van der Waals surface area contributed by atoms with Crippen LogP contribution in [0.2, 0.25) is 5.02 Å². The molecule has 20 heavy (non-hydrogen) atoms. The third-order valence-electron chi connectivity index (χ3n) is 3.62. The van der Waals surface area contributed by atoms with Gasteiger partial charge in [-0.1, -0.05) is 29.3 Å². The molecule has 2 rings (SSSR count). The van der Waals surface area contributed by atoms with Crippen LogP contribution in [0, 0.1) is 26.6 Å². The minimum atomic E-state index is -0.395. The van der Waals surface area contributed by atoms with Crippen LogP contribution in [-0.2, 0) is 6.42 Å². The van der Waals surface area contributed by atoms with Gasteiger partial charge in [-0.05, 0) is 62.1 Å². The van der Waals surface area contributed by atoms with E-state index in [4.69, 9.17) is 17.3 Å². The molecule has 0 heterocycles. The molecule has 1 atom stereocenters. The van der Waals surface area contributed by atoms with Crippen molar-refractivity contribution in [1.82, 2.24) is 0 Å². The number of rotatable bonds is 3. The second-order valence-corrected chi connectivity index (χ2v) is 5.79.